The maximum atomic E-state index is 12.9. The highest BCUT2D eigenvalue weighted by molar-refractivity contribution is 6.36. The molecular formula is C33H24Cl2N2O4. The number of fused-ring (bicyclic) bond motifs is 1. The zero-order valence-electron chi connectivity index (χ0n) is 21.9. The quantitative estimate of drug-likeness (QED) is 0.0871. The van der Waals surface area contributed by atoms with Gasteiger partial charge in [0.05, 0.1) is 16.8 Å². The standard InChI is InChI=1S/C33H24Cl2N2O4/c1-21(40-26-15-11-23(12-16-26)22-7-3-2-4-8-22)32(38)37-36-20-29-27-10-6-5-9-24(27)13-18-31(29)41-33(39)28-17-14-25(34)19-30(28)35/h2-21H,1H3,(H,37,38)/b36-20-/t21-/m0/s1. The summed E-state index contributed by atoms with van der Waals surface area (Å²) >= 11 is 12.2. The predicted molar refractivity (Wildman–Crippen MR) is 163 cm³/mol. The van der Waals surface area contributed by atoms with Crippen LogP contribution in [0.15, 0.2) is 114 Å². The molecule has 0 fully saturated rings. The second kappa shape index (κ2) is 12.7. The number of carbonyl (C=O) groups is 2. The van der Waals surface area contributed by atoms with Crippen LogP contribution in [-0.2, 0) is 4.79 Å². The number of hydrazone groups is 1. The van der Waals surface area contributed by atoms with Crippen molar-refractivity contribution in [3.05, 3.63) is 130 Å². The van der Waals surface area contributed by atoms with E-state index in [1.807, 2.05) is 84.9 Å². The monoisotopic (exact) mass is 582 g/mol. The molecule has 0 aromatic heterocycles. The summed E-state index contributed by atoms with van der Waals surface area (Å²) in [6, 6.07) is 33.1. The maximum absolute atomic E-state index is 12.9. The van der Waals surface area contributed by atoms with E-state index in [2.05, 4.69) is 10.5 Å². The second-order valence-corrected chi connectivity index (χ2v) is 9.94. The van der Waals surface area contributed by atoms with Crippen LogP contribution in [0.4, 0.5) is 0 Å². The van der Waals surface area contributed by atoms with E-state index in [4.69, 9.17) is 32.7 Å². The number of rotatable bonds is 8. The first-order valence-electron chi connectivity index (χ1n) is 12.7. The van der Waals surface area contributed by atoms with E-state index >= 15 is 0 Å². The van der Waals surface area contributed by atoms with Gasteiger partial charge in [0.15, 0.2) is 6.10 Å². The number of nitrogens with one attached hydrogen (secondary N) is 1. The van der Waals surface area contributed by atoms with Gasteiger partial charge in [0.1, 0.15) is 11.5 Å². The molecule has 0 bridgehead atoms. The van der Waals surface area contributed by atoms with E-state index in [0.717, 1.165) is 21.9 Å². The molecule has 41 heavy (non-hydrogen) atoms. The van der Waals surface area contributed by atoms with Crippen molar-refractivity contribution in [3.8, 4) is 22.6 Å². The Bertz CT molecular complexity index is 1740. The molecule has 1 N–H and O–H groups in total. The summed E-state index contributed by atoms with van der Waals surface area (Å²) < 4.78 is 11.5. The van der Waals surface area contributed by atoms with E-state index in [1.54, 1.807) is 19.1 Å². The number of esters is 1. The molecule has 5 aromatic rings. The highest BCUT2D eigenvalue weighted by Crippen LogP contribution is 2.29. The average Bonchev–Trinajstić information content (AvgIpc) is 2.98. The lowest BCUT2D eigenvalue weighted by atomic mass is 10.0. The maximum Gasteiger partial charge on any atom is 0.345 e. The number of amides is 1. The zero-order valence-corrected chi connectivity index (χ0v) is 23.4. The van der Waals surface area contributed by atoms with Gasteiger partial charge in [-0.1, -0.05) is 96.0 Å². The molecule has 0 aliphatic carbocycles. The Morgan fingerprint density at radius 1 is 0.829 bits per heavy atom. The summed E-state index contributed by atoms with van der Waals surface area (Å²) in [6.07, 6.45) is 0.625. The zero-order chi connectivity index (χ0) is 28.8. The Morgan fingerprint density at radius 2 is 1.54 bits per heavy atom. The van der Waals surface area contributed by atoms with Gasteiger partial charge in [-0.15, -0.1) is 0 Å². The van der Waals surface area contributed by atoms with E-state index in [-0.39, 0.29) is 16.3 Å². The largest absolute Gasteiger partial charge is 0.481 e. The van der Waals surface area contributed by atoms with Crippen LogP contribution in [0.1, 0.15) is 22.8 Å². The first-order valence-corrected chi connectivity index (χ1v) is 13.5. The molecule has 5 aromatic carbocycles. The van der Waals surface area contributed by atoms with Crippen molar-refractivity contribution in [1.82, 2.24) is 5.43 Å². The molecule has 0 saturated carbocycles. The molecule has 6 nitrogen and oxygen atoms in total. The van der Waals surface area contributed by atoms with Gasteiger partial charge >= 0.3 is 5.97 Å². The Labute approximate surface area is 247 Å². The molecule has 0 radical (unpaired) electrons. The van der Waals surface area contributed by atoms with Crippen LogP contribution in [0.3, 0.4) is 0 Å². The van der Waals surface area contributed by atoms with Gasteiger partial charge in [-0.05, 0) is 65.2 Å². The van der Waals surface area contributed by atoms with Crippen molar-refractivity contribution < 1.29 is 19.1 Å². The summed E-state index contributed by atoms with van der Waals surface area (Å²) in [5.74, 6) is -0.290. The predicted octanol–water partition coefficient (Wildman–Crippen LogP) is 7.95. The Hall–Kier alpha value is -4.65. The fraction of sp³-hybridized carbons (Fsp3) is 0.0606. The van der Waals surface area contributed by atoms with Gasteiger partial charge < -0.3 is 9.47 Å². The molecule has 1 amide bonds. The van der Waals surface area contributed by atoms with Crippen LogP contribution in [0.5, 0.6) is 11.5 Å². The Balaban J connectivity index is 1.29. The molecule has 0 aliphatic heterocycles. The third-order valence-electron chi connectivity index (χ3n) is 6.30. The Morgan fingerprint density at radius 3 is 2.29 bits per heavy atom. The van der Waals surface area contributed by atoms with Gasteiger partial charge in [0.2, 0.25) is 0 Å². The van der Waals surface area contributed by atoms with Gasteiger partial charge in [-0.25, -0.2) is 10.2 Å². The highest BCUT2D eigenvalue weighted by Gasteiger charge is 2.17. The lowest BCUT2D eigenvalue weighted by Gasteiger charge is -2.14. The summed E-state index contributed by atoms with van der Waals surface area (Å²) in [5.41, 5.74) is 5.32. The van der Waals surface area contributed by atoms with Crippen LogP contribution < -0.4 is 14.9 Å². The fourth-order valence-electron chi connectivity index (χ4n) is 4.17. The van der Waals surface area contributed by atoms with Crippen LogP contribution in [0.25, 0.3) is 21.9 Å². The smallest absolute Gasteiger partial charge is 0.345 e. The van der Waals surface area contributed by atoms with Crippen LogP contribution >= 0.6 is 23.2 Å². The number of benzene rings is 5. The SMILES string of the molecule is C[C@H](Oc1ccc(-c2ccccc2)cc1)C(=O)N/N=C\c1c(OC(=O)c2ccc(Cl)cc2Cl)ccc2ccccc12. The van der Waals surface area contributed by atoms with Gasteiger partial charge in [-0.2, -0.15) is 5.10 Å². The number of carbonyl (C=O) groups excluding carboxylic acids is 2. The van der Waals surface area contributed by atoms with E-state index in [1.165, 1.54) is 18.3 Å². The Kier molecular flexibility index (Phi) is 8.63. The van der Waals surface area contributed by atoms with E-state index < -0.39 is 18.0 Å². The number of nitrogens with zero attached hydrogens (tertiary/aromatic N) is 1. The first kappa shape index (κ1) is 27.9. The third kappa shape index (κ3) is 6.74. The molecule has 0 heterocycles. The second-order valence-electron chi connectivity index (χ2n) is 9.10. The highest BCUT2D eigenvalue weighted by atomic mass is 35.5. The lowest BCUT2D eigenvalue weighted by molar-refractivity contribution is -0.127. The number of ether oxygens (including phenoxy) is 2. The van der Waals surface area contributed by atoms with Gasteiger partial charge in [0, 0.05) is 10.6 Å². The summed E-state index contributed by atoms with van der Waals surface area (Å²) in [5, 5.41) is 6.40. The van der Waals surface area contributed by atoms with Crippen molar-refractivity contribution in [2.24, 2.45) is 5.10 Å². The molecule has 0 unspecified atom stereocenters. The molecule has 0 spiro atoms. The molecule has 0 aliphatic rings. The van der Waals surface area contributed by atoms with Crippen molar-refractivity contribution in [2.75, 3.05) is 0 Å². The van der Waals surface area contributed by atoms with Crippen molar-refractivity contribution in [1.29, 1.82) is 0 Å². The molecule has 0 saturated heterocycles. The van der Waals surface area contributed by atoms with E-state index in [9.17, 15) is 9.59 Å². The molecule has 204 valence electrons. The first-order chi connectivity index (χ1) is 19.9. The minimum atomic E-state index is -0.813. The molecule has 5 rings (SSSR count). The van der Waals surface area contributed by atoms with Crippen molar-refractivity contribution >= 4 is 52.1 Å². The van der Waals surface area contributed by atoms with Crippen molar-refractivity contribution in [2.45, 2.75) is 13.0 Å². The van der Waals surface area contributed by atoms with Gasteiger partial charge in [0.25, 0.3) is 5.91 Å². The normalized spacial score (nSPS) is 11.8. The van der Waals surface area contributed by atoms with Crippen molar-refractivity contribution in [3.63, 3.8) is 0 Å². The molecule has 1 atom stereocenters. The number of hydrogen-bond donors (Lipinski definition) is 1. The number of halogens is 2. The van der Waals surface area contributed by atoms with Crippen LogP contribution in [-0.4, -0.2) is 24.2 Å². The molecule has 8 heteroatoms. The summed E-state index contributed by atoms with van der Waals surface area (Å²) in [6.45, 7) is 1.64. The van der Waals surface area contributed by atoms with E-state index in [0.29, 0.717) is 16.3 Å². The lowest BCUT2D eigenvalue weighted by Crippen LogP contribution is -2.33. The summed E-state index contributed by atoms with van der Waals surface area (Å²) in [4.78, 5) is 25.6. The van der Waals surface area contributed by atoms with Crippen LogP contribution in [0.2, 0.25) is 10.0 Å². The van der Waals surface area contributed by atoms with Gasteiger partial charge in [-0.3, -0.25) is 4.79 Å². The number of hydrogen-bond acceptors (Lipinski definition) is 5. The topological polar surface area (TPSA) is 77.0 Å². The molecular weight excluding hydrogens is 559 g/mol. The summed E-state index contributed by atoms with van der Waals surface area (Å²) in [7, 11) is 0. The minimum absolute atomic E-state index is 0.170. The average molecular weight is 583 g/mol. The van der Waals surface area contributed by atoms with Crippen LogP contribution in [0, 0.1) is 0 Å². The third-order valence-corrected chi connectivity index (χ3v) is 6.84. The fourth-order valence-corrected chi connectivity index (χ4v) is 4.66. The minimum Gasteiger partial charge on any atom is -0.481 e.